The quantitative estimate of drug-likeness (QED) is 0.498. The lowest BCUT2D eigenvalue weighted by molar-refractivity contribution is 0.0955. The SMILES string of the molecule is COc1ccccc1C(=O)N(c1ccc(F)cc1)C1CCN(Cc2cccc(F)c2F)CC1. The van der Waals surface area contributed by atoms with E-state index in [1.165, 1.54) is 25.3 Å². The van der Waals surface area contributed by atoms with Crippen molar-refractivity contribution in [3.63, 3.8) is 0 Å². The van der Waals surface area contributed by atoms with Crippen LogP contribution in [-0.4, -0.2) is 37.0 Å². The van der Waals surface area contributed by atoms with E-state index in [4.69, 9.17) is 4.74 Å². The van der Waals surface area contributed by atoms with Gasteiger partial charge in [-0.3, -0.25) is 9.69 Å². The van der Waals surface area contributed by atoms with Gasteiger partial charge in [-0.05, 0) is 55.3 Å². The zero-order valence-corrected chi connectivity index (χ0v) is 18.3. The van der Waals surface area contributed by atoms with E-state index in [1.54, 1.807) is 47.4 Å². The van der Waals surface area contributed by atoms with Crippen molar-refractivity contribution in [1.29, 1.82) is 0 Å². The maximum atomic E-state index is 14.1. The molecular formula is C26H25F3N2O2. The molecule has 0 radical (unpaired) electrons. The average Bonchev–Trinajstić information content (AvgIpc) is 2.84. The van der Waals surface area contributed by atoms with E-state index < -0.39 is 11.6 Å². The molecule has 0 spiro atoms. The minimum absolute atomic E-state index is 0.138. The summed E-state index contributed by atoms with van der Waals surface area (Å²) in [7, 11) is 1.51. The van der Waals surface area contributed by atoms with Gasteiger partial charge in [-0.25, -0.2) is 13.2 Å². The molecule has 1 saturated heterocycles. The van der Waals surface area contributed by atoms with Gasteiger partial charge in [0.15, 0.2) is 11.6 Å². The first-order valence-electron chi connectivity index (χ1n) is 10.9. The number of rotatable bonds is 6. The van der Waals surface area contributed by atoms with Crippen molar-refractivity contribution in [2.75, 3.05) is 25.1 Å². The molecule has 3 aromatic carbocycles. The topological polar surface area (TPSA) is 32.8 Å². The summed E-state index contributed by atoms with van der Waals surface area (Å²) in [5, 5.41) is 0. The molecule has 1 amide bonds. The summed E-state index contributed by atoms with van der Waals surface area (Å²) in [5.41, 5.74) is 1.34. The summed E-state index contributed by atoms with van der Waals surface area (Å²) in [6, 6.07) is 16.9. The number of carbonyl (C=O) groups excluding carboxylic acids is 1. The number of nitrogens with zero attached hydrogens (tertiary/aromatic N) is 2. The van der Waals surface area contributed by atoms with Crippen molar-refractivity contribution in [2.45, 2.75) is 25.4 Å². The molecule has 4 rings (SSSR count). The smallest absolute Gasteiger partial charge is 0.262 e. The number of ether oxygens (including phenoxy) is 1. The summed E-state index contributed by atoms with van der Waals surface area (Å²) < 4.78 is 46.6. The largest absolute Gasteiger partial charge is 0.496 e. The van der Waals surface area contributed by atoms with Gasteiger partial charge >= 0.3 is 0 Å². The second-order valence-corrected chi connectivity index (χ2v) is 8.07. The minimum atomic E-state index is -0.854. The van der Waals surface area contributed by atoms with E-state index in [1.807, 2.05) is 4.90 Å². The highest BCUT2D eigenvalue weighted by Gasteiger charge is 2.31. The van der Waals surface area contributed by atoms with Crippen molar-refractivity contribution < 1.29 is 22.7 Å². The highest BCUT2D eigenvalue weighted by Crippen LogP contribution is 2.29. The van der Waals surface area contributed by atoms with Gasteiger partial charge in [0.1, 0.15) is 11.6 Å². The van der Waals surface area contributed by atoms with Gasteiger partial charge in [-0.2, -0.15) is 0 Å². The minimum Gasteiger partial charge on any atom is -0.496 e. The Bertz CT molecular complexity index is 1110. The molecule has 1 heterocycles. The third-order valence-electron chi connectivity index (χ3n) is 6.01. The van der Waals surface area contributed by atoms with Gasteiger partial charge in [-0.15, -0.1) is 0 Å². The van der Waals surface area contributed by atoms with E-state index in [0.717, 1.165) is 6.07 Å². The zero-order chi connectivity index (χ0) is 23.4. The standard InChI is InChI=1S/C26H25F3N2O2/c1-33-24-8-3-2-6-22(24)26(32)31(20-11-9-19(27)10-12-20)21-13-15-30(16-14-21)17-18-5-4-7-23(28)25(18)29/h2-12,21H,13-17H2,1H3. The molecule has 0 bridgehead atoms. The monoisotopic (exact) mass is 454 g/mol. The predicted molar refractivity (Wildman–Crippen MR) is 121 cm³/mol. The molecule has 7 heteroatoms. The van der Waals surface area contributed by atoms with Gasteiger partial charge in [0.2, 0.25) is 0 Å². The van der Waals surface area contributed by atoms with Crippen LogP contribution >= 0.6 is 0 Å². The first-order valence-corrected chi connectivity index (χ1v) is 10.9. The Balaban J connectivity index is 1.55. The fourth-order valence-corrected chi connectivity index (χ4v) is 4.29. The summed E-state index contributed by atoms with van der Waals surface area (Å²) >= 11 is 0. The van der Waals surface area contributed by atoms with Crippen LogP contribution < -0.4 is 9.64 Å². The van der Waals surface area contributed by atoms with E-state index in [9.17, 15) is 18.0 Å². The summed E-state index contributed by atoms with van der Waals surface area (Å²) in [6.45, 7) is 1.52. The van der Waals surface area contributed by atoms with E-state index in [2.05, 4.69) is 0 Å². The Morgan fingerprint density at radius 3 is 2.36 bits per heavy atom. The maximum Gasteiger partial charge on any atom is 0.262 e. The van der Waals surface area contributed by atoms with E-state index in [-0.39, 0.29) is 17.8 Å². The molecule has 0 aliphatic carbocycles. The van der Waals surface area contributed by atoms with E-state index in [0.29, 0.717) is 55.0 Å². The molecule has 1 aliphatic heterocycles. The van der Waals surface area contributed by atoms with Crippen LogP contribution in [0.3, 0.4) is 0 Å². The number of anilines is 1. The Morgan fingerprint density at radius 1 is 0.970 bits per heavy atom. The molecule has 3 aromatic rings. The van der Waals surface area contributed by atoms with Crippen LogP contribution in [0, 0.1) is 17.5 Å². The third-order valence-corrected chi connectivity index (χ3v) is 6.01. The second kappa shape index (κ2) is 10.1. The van der Waals surface area contributed by atoms with Crippen LogP contribution in [0.4, 0.5) is 18.9 Å². The lowest BCUT2D eigenvalue weighted by Gasteiger charge is -2.39. The normalized spacial score (nSPS) is 14.8. The average molecular weight is 454 g/mol. The van der Waals surface area contributed by atoms with Crippen LogP contribution in [0.5, 0.6) is 5.75 Å². The number of benzene rings is 3. The molecule has 0 unspecified atom stereocenters. The molecule has 33 heavy (non-hydrogen) atoms. The highest BCUT2D eigenvalue weighted by molar-refractivity contribution is 6.08. The fraction of sp³-hybridized carbons (Fsp3) is 0.269. The number of amides is 1. The molecule has 1 aliphatic rings. The Hall–Kier alpha value is -3.32. The fourth-order valence-electron chi connectivity index (χ4n) is 4.29. The molecule has 172 valence electrons. The van der Waals surface area contributed by atoms with E-state index >= 15 is 0 Å². The third kappa shape index (κ3) is 5.03. The van der Waals surface area contributed by atoms with Gasteiger partial charge in [-0.1, -0.05) is 24.3 Å². The first-order chi connectivity index (χ1) is 16.0. The van der Waals surface area contributed by atoms with Crippen molar-refractivity contribution in [3.05, 3.63) is 95.3 Å². The number of halogens is 3. The van der Waals surface area contributed by atoms with Gasteiger partial charge in [0.05, 0.1) is 12.7 Å². The molecule has 4 nitrogen and oxygen atoms in total. The van der Waals surface area contributed by atoms with Crippen LogP contribution in [-0.2, 0) is 6.54 Å². The van der Waals surface area contributed by atoms with Gasteiger partial charge in [0, 0.05) is 36.9 Å². The summed E-state index contributed by atoms with van der Waals surface area (Å²) in [4.78, 5) is 17.3. The lowest BCUT2D eigenvalue weighted by atomic mass is 9.99. The van der Waals surface area contributed by atoms with Gasteiger partial charge < -0.3 is 9.64 Å². The number of hydrogen-bond acceptors (Lipinski definition) is 3. The number of methoxy groups -OCH3 is 1. The van der Waals surface area contributed by atoms with Gasteiger partial charge in [0.25, 0.3) is 5.91 Å². The summed E-state index contributed by atoms with van der Waals surface area (Å²) in [5.74, 6) is -1.82. The predicted octanol–water partition coefficient (Wildman–Crippen LogP) is 5.42. The Labute approximate surface area is 191 Å². The number of hydrogen-bond donors (Lipinski definition) is 0. The van der Waals surface area contributed by atoms with Crippen LogP contribution in [0.1, 0.15) is 28.8 Å². The number of piperidine rings is 1. The Morgan fingerprint density at radius 2 is 1.67 bits per heavy atom. The van der Waals surface area contributed by atoms with Crippen molar-refractivity contribution in [1.82, 2.24) is 4.90 Å². The maximum absolute atomic E-state index is 14.1. The van der Waals surface area contributed by atoms with Crippen LogP contribution in [0.25, 0.3) is 0 Å². The Kier molecular flexibility index (Phi) is 6.99. The molecule has 0 saturated carbocycles. The molecular weight excluding hydrogens is 429 g/mol. The van der Waals surface area contributed by atoms with Crippen LogP contribution in [0.2, 0.25) is 0 Å². The number of carbonyl (C=O) groups is 1. The van der Waals surface area contributed by atoms with Crippen molar-refractivity contribution >= 4 is 11.6 Å². The highest BCUT2D eigenvalue weighted by atomic mass is 19.2. The van der Waals surface area contributed by atoms with Crippen molar-refractivity contribution in [2.24, 2.45) is 0 Å². The first kappa shape index (κ1) is 22.9. The molecule has 0 aromatic heterocycles. The number of likely N-dealkylation sites (tertiary alicyclic amines) is 1. The lowest BCUT2D eigenvalue weighted by Crippen LogP contribution is -2.47. The summed E-state index contributed by atoms with van der Waals surface area (Å²) in [6.07, 6.45) is 1.27. The second-order valence-electron chi connectivity index (χ2n) is 8.07. The number of para-hydroxylation sites is 1. The zero-order valence-electron chi connectivity index (χ0n) is 18.3. The molecule has 1 fully saturated rings. The molecule has 0 N–H and O–H groups in total. The van der Waals surface area contributed by atoms with Crippen molar-refractivity contribution in [3.8, 4) is 5.75 Å². The molecule has 0 atom stereocenters. The van der Waals surface area contributed by atoms with Crippen LogP contribution in [0.15, 0.2) is 66.7 Å².